The third-order valence-corrected chi connectivity index (χ3v) is 3.29. The molecule has 1 aromatic rings. The van der Waals surface area contributed by atoms with Gasteiger partial charge in [0.1, 0.15) is 0 Å². The molecule has 3 amide bonds. The molecule has 1 rings (SSSR count). The average molecular weight is 363 g/mol. The summed E-state index contributed by atoms with van der Waals surface area (Å²) >= 11 is 5.81. The summed E-state index contributed by atoms with van der Waals surface area (Å²) in [5.41, 5.74) is 11.3. The van der Waals surface area contributed by atoms with Crippen molar-refractivity contribution in [1.82, 2.24) is 5.32 Å². The van der Waals surface area contributed by atoms with Crippen molar-refractivity contribution in [2.45, 2.75) is 19.9 Å². The lowest BCUT2D eigenvalue weighted by molar-refractivity contribution is -0.125. The quantitative estimate of drug-likeness (QED) is 0.599. The van der Waals surface area contributed by atoms with Gasteiger partial charge in [-0.3, -0.25) is 14.4 Å². The summed E-state index contributed by atoms with van der Waals surface area (Å²) in [6.45, 7) is 3.39. The van der Waals surface area contributed by atoms with Crippen LogP contribution in [0.25, 0.3) is 0 Å². The summed E-state index contributed by atoms with van der Waals surface area (Å²) < 4.78 is 0. The molecule has 23 heavy (non-hydrogen) atoms. The Balaban J connectivity index is 0.00000484. The first-order chi connectivity index (χ1) is 10.2. The number of hydrogen-bond acceptors (Lipinski definition) is 4. The molecule has 0 fully saturated rings. The van der Waals surface area contributed by atoms with Gasteiger partial charge in [-0.15, -0.1) is 12.4 Å². The number of amides is 3. The standard InChI is InChI=1S/C14H19ClN4O3.ClH/c1-7(2)12(16)14(22)18-6-11(20)19-8-3-4-10(15)9(5-8)13(17)21;/h3-5,7,12H,6,16H2,1-2H3,(H2,17,21)(H,18,22)(H,19,20);1H/t12-;/m0./s1. The first kappa shape index (κ1) is 21.2. The monoisotopic (exact) mass is 362 g/mol. The van der Waals surface area contributed by atoms with Crippen molar-refractivity contribution < 1.29 is 14.4 Å². The fourth-order valence-corrected chi connectivity index (χ4v) is 1.80. The molecule has 0 aliphatic heterocycles. The van der Waals surface area contributed by atoms with Gasteiger partial charge < -0.3 is 22.1 Å². The van der Waals surface area contributed by atoms with Crippen LogP contribution in [-0.2, 0) is 9.59 Å². The van der Waals surface area contributed by atoms with Crippen LogP contribution in [0, 0.1) is 5.92 Å². The van der Waals surface area contributed by atoms with E-state index in [0.29, 0.717) is 5.69 Å². The minimum Gasteiger partial charge on any atom is -0.366 e. The molecule has 1 aromatic carbocycles. The van der Waals surface area contributed by atoms with Gasteiger partial charge in [0.15, 0.2) is 0 Å². The van der Waals surface area contributed by atoms with Crippen LogP contribution in [0.2, 0.25) is 5.02 Å². The highest BCUT2D eigenvalue weighted by atomic mass is 35.5. The predicted octanol–water partition coefficient (Wildman–Crippen LogP) is 0.899. The molecule has 128 valence electrons. The summed E-state index contributed by atoms with van der Waals surface area (Å²) in [7, 11) is 0. The Morgan fingerprint density at radius 3 is 2.39 bits per heavy atom. The number of nitrogens with two attached hydrogens (primary N) is 2. The third kappa shape index (κ3) is 6.43. The molecule has 0 saturated heterocycles. The van der Waals surface area contributed by atoms with Gasteiger partial charge in [0.05, 0.1) is 23.2 Å². The van der Waals surface area contributed by atoms with Crippen molar-refractivity contribution in [3.8, 4) is 0 Å². The molecule has 0 spiro atoms. The molecule has 0 aliphatic rings. The van der Waals surface area contributed by atoms with Crippen LogP contribution in [0.15, 0.2) is 18.2 Å². The van der Waals surface area contributed by atoms with Gasteiger partial charge >= 0.3 is 0 Å². The Labute approximate surface area is 145 Å². The normalized spacial score (nSPS) is 11.3. The molecule has 0 heterocycles. The van der Waals surface area contributed by atoms with E-state index in [1.165, 1.54) is 18.2 Å². The molecule has 0 radical (unpaired) electrons. The lowest BCUT2D eigenvalue weighted by Crippen LogP contribution is -2.46. The van der Waals surface area contributed by atoms with E-state index in [4.69, 9.17) is 23.1 Å². The first-order valence-electron chi connectivity index (χ1n) is 6.65. The van der Waals surface area contributed by atoms with Crippen LogP contribution >= 0.6 is 24.0 Å². The molecule has 0 bridgehead atoms. The van der Waals surface area contributed by atoms with E-state index >= 15 is 0 Å². The molecule has 0 saturated carbocycles. The fraction of sp³-hybridized carbons (Fsp3) is 0.357. The number of hydrogen-bond donors (Lipinski definition) is 4. The number of rotatable bonds is 6. The van der Waals surface area contributed by atoms with Crippen LogP contribution in [0.4, 0.5) is 5.69 Å². The molecule has 0 aromatic heterocycles. The highest BCUT2D eigenvalue weighted by Gasteiger charge is 2.17. The average Bonchev–Trinajstić information content (AvgIpc) is 2.45. The maximum absolute atomic E-state index is 11.8. The Kier molecular flexibility index (Phi) is 8.60. The summed E-state index contributed by atoms with van der Waals surface area (Å²) in [6, 6.07) is 3.66. The Morgan fingerprint density at radius 1 is 1.26 bits per heavy atom. The lowest BCUT2D eigenvalue weighted by atomic mass is 10.1. The molecule has 9 heteroatoms. The molecule has 6 N–H and O–H groups in total. The van der Waals surface area contributed by atoms with Crippen molar-refractivity contribution in [1.29, 1.82) is 0 Å². The summed E-state index contributed by atoms with van der Waals surface area (Å²) in [5.74, 6) is -1.59. The van der Waals surface area contributed by atoms with Crippen molar-refractivity contribution in [2.24, 2.45) is 17.4 Å². The minimum atomic E-state index is -0.697. The van der Waals surface area contributed by atoms with Gasteiger partial charge in [-0.1, -0.05) is 25.4 Å². The largest absolute Gasteiger partial charge is 0.366 e. The van der Waals surface area contributed by atoms with E-state index in [0.717, 1.165) is 0 Å². The maximum Gasteiger partial charge on any atom is 0.250 e. The van der Waals surface area contributed by atoms with Crippen molar-refractivity contribution in [3.63, 3.8) is 0 Å². The van der Waals surface area contributed by atoms with Crippen LogP contribution in [0.1, 0.15) is 24.2 Å². The van der Waals surface area contributed by atoms with Crippen molar-refractivity contribution in [3.05, 3.63) is 28.8 Å². The number of anilines is 1. The predicted molar refractivity (Wildman–Crippen MR) is 91.7 cm³/mol. The summed E-state index contributed by atoms with van der Waals surface area (Å²) in [6.07, 6.45) is 0. The smallest absolute Gasteiger partial charge is 0.250 e. The molecule has 0 aliphatic carbocycles. The van der Waals surface area contributed by atoms with Crippen LogP contribution < -0.4 is 22.1 Å². The second-order valence-corrected chi connectivity index (χ2v) is 5.50. The fourth-order valence-electron chi connectivity index (χ4n) is 1.59. The van der Waals surface area contributed by atoms with Gasteiger partial charge in [-0.05, 0) is 24.1 Å². The van der Waals surface area contributed by atoms with E-state index in [-0.39, 0.29) is 35.5 Å². The van der Waals surface area contributed by atoms with Gasteiger partial charge in [0.2, 0.25) is 17.7 Å². The van der Waals surface area contributed by atoms with E-state index in [2.05, 4.69) is 10.6 Å². The maximum atomic E-state index is 11.8. The van der Waals surface area contributed by atoms with E-state index in [9.17, 15) is 14.4 Å². The Morgan fingerprint density at radius 2 is 1.87 bits per heavy atom. The molecule has 7 nitrogen and oxygen atoms in total. The van der Waals surface area contributed by atoms with Crippen LogP contribution in [0.3, 0.4) is 0 Å². The van der Waals surface area contributed by atoms with E-state index < -0.39 is 23.8 Å². The highest BCUT2D eigenvalue weighted by Crippen LogP contribution is 2.20. The molecular weight excluding hydrogens is 343 g/mol. The second-order valence-electron chi connectivity index (χ2n) is 5.09. The zero-order valence-corrected chi connectivity index (χ0v) is 14.3. The lowest BCUT2D eigenvalue weighted by Gasteiger charge is -2.15. The summed E-state index contributed by atoms with van der Waals surface area (Å²) in [4.78, 5) is 34.6. The van der Waals surface area contributed by atoms with Crippen LogP contribution in [-0.4, -0.2) is 30.3 Å². The van der Waals surface area contributed by atoms with Gasteiger partial charge in [0.25, 0.3) is 0 Å². The molecule has 1 atom stereocenters. The third-order valence-electron chi connectivity index (χ3n) is 2.96. The second kappa shape index (κ2) is 9.34. The van der Waals surface area contributed by atoms with E-state index in [1.807, 2.05) is 13.8 Å². The number of halogens is 2. The van der Waals surface area contributed by atoms with Gasteiger partial charge in [-0.2, -0.15) is 0 Å². The van der Waals surface area contributed by atoms with Crippen molar-refractivity contribution >= 4 is 47.4 Å². The Bertz CT molecular complexity index is 593. The topological polar surface area (TPSA) is 127 Å². The van der Waals surface area contributed by atoms with Gasteiger partial charge in [0, 0.05) is 5.69 Å². The number of nitrogens with one attached hydrogen (secondary N) is 2. The summed E-state index contributed by atoms with van der Waals surface area (Å²) in [5, 5.41) is 5.16. The minimum absolute atomic E-state index is 0. The molecular formula is C14H20Cl2N4O3. The number of carbonyl (C=O) groups is 3. The SMILES string of the molecule is CC(C)[C@H](N)C(=O)NCC(=O)Nc1ccc(Cl)c(C(N)=O)c1.Cl. The first-order valence-corrected chi connectivity index (χ1v) is 7.02. The highest BCUT2D eigenvalue weighted by molar-refractivity contribution is 6.34. The van der Waals surface area contributed by atoms with Gasteiger partial charge in [-0.25, -0.2) is 0 Å². The number of carbonyl (C=O) groups excluding carboxylic acids is 3. The number of benzene rings is 1. The van der Waals surface area contributed by atoms with E-state index in [1.54, 1.807) is 0 Å². The molecule has 0 unspecified atom stereocenters. The Hall–Kier alpha value is -1.83. The van der Waals surface area contributed by atoms with Crippen molar-refractivity contribution in [2.75, 3.05) is 11.9 Å². The zero-order valence-electron chi connectivity index (χ0n) is 12.8. The van der Waals surface area contributed by atoms with Crippen LogP contribution in [0.5, 0.6) is 0 Å². The zero-order chi connectivity index (χ0) is 16.9. The number of primary amides is 1.